The van der Waals surface area contributed by atoms with Crippen molar-refractivity contribution in [1.82, 2.24) is 73.1 Å². The number of aliphatic hydroxyl groups excluding tert-OH is 4. The molecule has 29 heteroatoms. The molecule has 4 fully saturated rings. The Kier molecular flexibility index (Phi) is 27.0. The molecule has 8 atom stereocenters. The Hall–Kier alpha value is -15.2. The lowest BCUT2D eigenvalue weighted by atomic mass is 9.95. The Bertz CT molecular complexity index is 8020. The summed E-state index contributed by atoms with van der Waals surface area (Å²) in [4.78, 5) is 103. The van der Waals surface area contributed by atoms with E-state index in [2.05, 4.69) is 85.2 Å². The number of rotatable bonds is 17. The number of hydrogen-bond donors (Lipinski definition) is 4. The van der Waals surface area contributed by atoms with Crippen molar-refractivity contribution in [2.45, 2.75) is 114 Å². The summed E-state index contributed by atoms with van der Waals surface area (Å²) in [6.45, 7) is 7.34. The van der Waals surface area contributed by atoms with E-state index in [4.69, 9.17) is 23.7 Å². The summed E-state index contributed by atoms with van der Waals surface area (Å²) in [5.74, 6) is 0.0534. The zero-order valence-electron chi connectivity index (χ0n) is 76.2. The van der Waals surface area contributed by atoms with E-state index in [9.17, 15) is 44.0 Å². The third-order valence-corrected chi connectivity index (χ3v) is 26.4. The zero-order chi connectivity index (χ0) is 95.2. The molecule has 0 unspecified atom stereocenters. The van der Waals surface area contributed by atoms with Crippen molar-refractivity contribution in [2.24, 2.45) is 0 Å². The standard InChI is InChI=1S/C29H26N4O3.C28H23FN4O3.C28H24N4O3.C25H25N3O4/c1-18-6-8-20(15-30-18)25-9-7-19(14-31-25)12-21-13-24-28(23-5-3-2-4-22(21)23)32-17-33(29(24)35)26-10-11-36-16-27(26)34;29-26-6-5-18(14-31-26)23-12-17(7-9-30-23)11-19-13-22-27(21-4-2-1-3-20(19)21)32-16-33(28(22)35)24-8-10-36-15-25(24)34;33-26-16-35-11-9-25(26)32-17-31-27-22-6-2-1-5-21(22)20(13-23(27)28(32)34)12-18-7-8-24(30-14-18)19-4-3-10-29-15-19;1-2-32-23-12-16(7-9-26-23)11-17-13-20-24(19-6-4-3-5-18(17)19)27-15-28(25(20)30)21-8-10-31-14-22(21)29/h2-9,13-15,17,26-27,34H,10-12,16H2,1H3;1-7,9,12-14,16,24-25,34H,8,10-11,15H2;1-8,10,13-15,17,25-26,33H,9,11-12,16H2;3-7,9,12-13,15,21-22,29H,2,8,10-11,14H2,1H3/t26-,27-;24-,25-;25-,26-;21-,22-/m0000/s1. The highest BCUT2D eigenvalue weighted by Crippen LogP contribution is 2.37. The number of aromatic nitrogens is 15. The fraction of sp³-hybridized carbons (Fsp3) is 0.245. The third-order valence-electron chi connectivity index (χ3n) is 26.4. The number of pyridine rings is 7. The zero-order valence-corrected chi connectivity index (χ0v) is 76.2. The van der Waals surface area contributed by atoms with Gasteiger partial charge < -0.3 is 44.1 Å². The van der Waals surface area contributed by atoms with Crippen LogP contribution < -0.4 is 27.0 Å². The lowest BCUT2D eigenvalue weighted by molar-refractivity contribution is -0.0395. The number of aryl methyl sites for hydroxylation is 1. The summed E-state index contributed by atoms with van der Waals surface area (Å²) in [6.07, 6.45) is 22.1. The number of hydrogen-bond acceptors (Lipinski definition) is 24. The topological polar surface area (TPSA) is 357 Å². The van der Waals surface area contributed by atoms with Crippen LogP contribution in [0.25, 0.3) is 120 Å². The average molecular weight is 1860 g/mol. The summed E-state index contributed by atoms with van der Waals surface area (Å²) >= 11 is 0. The fourth-order valence-corrected chi connectivity index (χ4v) is 19.3. The van der Waals surface area contributed by atoms with Crippen molar-refractivity contribution in [1.29, 1.82) is 0 Å². The molecule has 0 aliphatic carbocycles. The van der Waals surface area contributed by atoms with Gasteiger partial charge in [0, 0.05) is 126 Å². The Balaban J connectivity index is 0.000000114. The van der Waals surface area contributed by atoms with E-state index in [1.165, 1.54) is 12.3 Å². The molecular weight excluding hydrogens is 1760 g/mol. The van der Waals surface area contributed by atoms with Crippen LogP contribution in [-0.2, 0) is 44.6 Å². The van der Waals surface area contributed by atoms with Gasteiger partial charge in [-0.1, -0.05) is 109 Å². The summed E-state index contributed by atoms with van der Waals surface area (Å²) in [5.41, 5.74) is 16.4. The second-order valence-corrected chi connectivity index (χ2v) is 35.3. The molecule has 4 aliphatic rings. The van der Waals surface area contributed by atoms with Crippen LogP contribution in [0.5, 0.6) is 5.88 Å². The molecule has 0 bridgehead atoms. The van der Waals surface area contributed by atoms with Crippen LogP contribution >= 0.6 is 0 Å². The highest BCUT2D eigenvalue weighted by Gasteiger charge is 2.33. The first-order valence-electron chi connectivity index (χ1n) is 46.6. The summed E-state index contributed by atoms with van der Waals surface area (Å²) in [5, 5.41) is 51.8. The number of halogens is 1. The second kappa shape index (κ2) is 41.0. The van der Waals surface area contributed by atoms with Gasteiger partial charge in [0.1, 0.15) is 0 Å². The molecule has 19 aromatic rings. The van der Waals surface area contributed by atoms with Crippen molar-refractivity contribution < 1.29 is 48.5 Å². The summed E-state index contributed by atoms with van der Waals surface area (Å²) in [7, 11) is 0. The molecule has 11 aromatic heterocycles. The Morgan fingerprint density at radius 3 is 1.04 bits per heavy atom. The van der Waals surface area contributed by atoms with Crippen molar-refractivity contribution in [3.05, 3.63) is 379 Å². The number of ether oxygens (including phenoxy) is 5. The molecule has 0 amide bonds. The van der Waals surface area contributed by atoms with E-state index in [0.29, 0.717) is 140 Å². The summed E-state index contributed by atoms with van der Waals surface area (Å²) < 4.78 is 46.4. The lowest BCUT2D eigenvalue weighted by Gasteiger charge is -2.29. The van der Waals surface area contributed by atoms with Crippen molar-refractivity contribution in [3.63, 3.8) is 0 Å². The molecule has 4 aliphatic heterocycles. The molecule has 0 saturated carbocycles. The molecular formula is C110H98FN15O13. The van der Waals surface area contributed by atoms with Crippen molar-refractivity contribution in [2.75, 3.05) is 59.5 Å². The minimum atomic E-state index is -0.758. The predicted molar refractivity (Wildman–Crippen MR) is 530 cm³/mol. The van der Waals surface area contributed by atoms with Gasteiger partial charge in [-0.15, -0.1) is 0 Å². The number of fused-ring (bicyclic) bond motifs is 12. The largest absolute Gasteiger partial charge is 0.478 e. The first-order valence-corrected chi connectivity index (χ1v) is 46.6. The van der Waals surface area contributed by atoms with E-state index in [1.807, 2.05) is 196 Å². The number of aliphatic hydroxyl groups is 4. The van der Waals surface area contributed by atoms with Crippen LogP contribution in [0, 0.1) is 12.9 Å². The van der Waals surface area contributed by atoms with Gasteiger partial charge in [0.15, 0.2) is 0 Å². The van der Waals surface area contributed by atoms with Crippen molar-refractivity contribution in [3.8, 4) is 39.7 Å². The Labute approximate surface area is 795 Å². The molecule has 28 nitrogen and oxygen atoms in total. The number of benzene rings is 8. The third kappa shape index (κ3) is 19.4. The van der Waals surface area contributed by atoms with Crippen LogP contribution in [0.1, 0.15) is 107 Å². The monoisotopic (exact) mass is 1860 g/mol. The highest BCUT2D eigenvalue weighted by molar-refractivity contribution is 6.10. The first-order chi connectivity index (χ1) is 68.0. The van der Waals surface area contributed by atoms with E-state index in [1.54, 1.807) is 74.4 Å². The smallest absolute Gasteiger partial charge is 0.261 e. The van der Waals surface area contributed by atoms with Gasteiger partial charge >= 0.3 is 0 Å². The maximum atomic E-state index is 13.6. The Morgan fingerprint density at radius 1 is 0.331 bits per heavy atom. The van der Waals surface area contributed by atoms with Crippen LogP contribution in [0.3, 0.4) is 0 Å². The quantitative estimate of drug-likeness (QED) is 0.0486. The predicted octanol–water partition coefficient (Wildman–Crippen LogP) is 15.5. The van der Waals surface area contributed by atoms with Gasteiger partial charge in [-0.3, -0.25) is 62.4 Å². The molecule has 0 spiro atoms. The molecule has 15 heterocycles. The molecule has 139 heavy (non-hydrogen) atoms. The SMILES string of the molecule is CCOc1cc(Cc2cc3c(=O)n([C@H]4CCOC[C@@H]4O)cnc3c3ccccc23)ccn1.Cc1ccc(-c2ccc(Cc3cc4c(=O)n([C@H]5CCOC[C@@H]5O)cnc4c4ccccc34)cn2)cn1.O=c1c2cc(Cc3ccc(-c4cccnc4)nc3)c3ccccc3c2ncn1[C@H]1CCOC[C@@H]1O.O=c1c2cc(Cc3ccnc(-c4ccc(F)nc4)c3)c3ccccc3c2ncn1[C@H]1CCOC[C@@H]1O. The summed E-state index contributed by atoms with van der Waals surface area (Å²) in [6, 6.07) is 65.1. The first kappa shape index (κ1) is 91.6. The normalized spacial score (nSPS) is 18.3. The fourth-order valence-electron chi connectivity index (χ4n) is 19.3. The molecule has 698 valence electrons. The van der Waals surface area contributed by atoms with E-state index >= 15 is 0 Å². The van der Waals surface area contributed by atoms with Gasteiger partial charge in [-0.25, -0.2) is 29.9 Å². The van der Waals surface area contributed by atoms with Gasteiger partial charge in [0.2, 0.25) is 11.8 Å². The van der Waals surface area contributed by atoms with Gasteiger partial charge in [0.05, 0.1) is 168 Å². The Morgan fingerprint density at radius 2 is 0.691 bits per heavy atom. The minimum absolute atomic E-state index is 0.140. The minimum Gasteiger partial charge on any atom is -0.478 e. The molecule has 0 radical (unpaired) electrons. The van der Waals surface area contributed by atoms with Crippen LogP contribution in [0.4, 0.5) is 4.39 Å². The van der Waals surface area contributed by atoms with Crippen LogP contribution in [0.15, 0.2) is 300 Å². The van der Waals surface area contributed by atoms with Crippen LogP contribution in [0.2, 0.25) is 0 Å². The van der Waals surface area contributed by atoms with Gasteiger partial charge in [-0.2, -0.15) is 4.39 Å². The molecule has 23 rings (SSSR count). The number of nitrogens with zero attached hydrogens (tertiary/aromatic N) is 15. The maximum Gasteiger partial charge on any atom is 0.261 e. The van der Waals surface area contributed by atoms with Gasteiger partial charge in [0.25, 0.3) is 22.2 Å². The molecule has 4 saturated heterocycles. The second-order valence-electron chi connectivity index (χ2n) is 35.3. The average Bonchev–Trinajstić information content (AvgIpc) is 0.761. The van der Waals surface area contributed by atoms with Gasteiger partial charge in [-0.05, 0) is 222 Å². The maximum absolute atomic E-state index is 13.6. The van der Waals surface area contributed by atoms with Crippen molar-refractivity contribution >= 4 is 86.7 Å². The molecule has 4 N–H and O–H groups in total. The van der Waals surface area contributed by atoms with E-state index in [-0.39, 0.29) is 72.8 Å². The molecule has 8 aromatic carbocycles. The van der Waals surface area contributed by atoms with Crippen LogP contribution in [-0.4, -0.2) is 177 Å². The highest BCUT2D eigenvalue weighted by atomic mass is 19.1. The van der Waals surface area contributed by atoms with E-state index in [0.717, 1.165) is 121 Å². The van der Waals surface area contributed by atoms with E-state index < -0.39 is 30.4 Å². The lowest BCUT2D eigenvalue weighted by Crippen LogP contribution is -2.39.